The predicted molar refractivity (Wildman–Crippen MR) is 90.4 cm³/mol. The topological polar surface area (TPSA) is 41.1 Å². The van der Waals surface area contributed by atoms with Gasteiger partial charge in [-0.2, -0.15) is 13.2 Å². The summed E-state index contributed by atoms with van der Waals surface area (Å²) in [6, 6.07) is 6.53. The molecule has 2 rings (SSSR count). The Kier molecular flexibility index (Phi) is 5.90. The molecule has 2 unspecified atom stereocenters. The van der Waals surface area contributed by atoms with Crippen molar-refractivity contribution < 1.29 is 18.0 Å². The number of rotatable bonds is 5. The lowest BCUT2D eigenvalue weighted by molar-refractivity contribution is -0.137. The molecule has 2 aromatic rings. The first-order chi connectivity index (χ1) is 11.2. The molecule has 2 atom stereocenters. The van der Waals surface area contributed by atoms with E-state index in [0.717, 1.165) is 17.0 Å². The zero-order valence-corrected chi connectivity index (χ0v) is 14.5. The van der Waals surface area contributed by atoms with Crippen LogP contribution in [0, 0.1) is 0 Å². The molecule has 0 aliphatic rings. The number of halogens is 4. The van der Waals surface area contributed by atoms with Crippen molar-refractivity contribution in [2.75, 3.05) is 5.32 Å². The van der Waals surface area contributed by atoms with Crippen LogP contribution in [0.5, 0.6) is 0 Å². The van der Waals surface area contributed by atoms with Crippen LogP contribution >= 0.6 is 22.9 Å². The van der Waals surface area contributed by atoms with E-state index >= 15 is 0 Å². The number of alkyl halides is 3. The summed E-state index contributed by atoms with van der Waals surface area (Å²) >= 11 is 7.12. The molecule has 0 fully saturated rings. The van der Waals surface area contributed by atoms with E-state index in [-0.39, 0.29) is 11.7 Å². The summed E-state index contributed by atoms with van der Waals surface area (Å²) < 4.78 is 38.5. The number of amides is 1. The highest BCUT2D eigenvalue weighted by molar-refractivity contribution is 7.10. The first-order valence-electron chi connectivity index (χ1n) is 7.15. The molecule has 0 saturated carbocycles. The van der Waals surface area contributed by atoms with Gasteiger partial charge in [-0.25, -0.2) is 0 Å². The van der Waals surface area contributed by atoms with Crippen LogP contribution in [-0.2, 0) is 11.0 Å². The molecule has 24 heavy (non-hydrogen) atoms. The smallest absolute Gasteiger partial charge is 0.325 e. The molecule has 0 radical (unpaired) electrons. The standard InChI is InChI=1S/C16H16ClF3N2OS/c1-9(14-4-3-7-24-14)21-10(2)15(23)22-11-5-6-13(17)12(8-11)16(18,19)20/h3-10,21H,1-2H3,(H,22,23). The van der Waals surface area contributed by atoms with Crippen LogP contribution in [0.3, 0.4) is 0 Å². The summed E-state index contributed by atoms with van der Waals surface area (Å²) in [6.07, 6.45) is -4.57. The number of hydrogen-bond donors (Lipinski definition) is 2. The van der Waals surface area contributed by atoms with Gasteiger partial charge in [-0.3, -0.25) is 10.1 Å². The molecule has 0 spiro atoms. The maximum absolute atomic E-state index is 12.8. The Labute approximate surface area is 146 Å². The summed E-state index contributed by atoms with van der Waals surface area (Å²) in [5, 5.41) is 7.11. The normalized spacial score (nSPS) is 14.2. The zero-order chi connectivity index (χ0) is 17.9. The Morgan fingerprint density at radius 3 is 2.54 bits per heavy atom. The Morgan fingerprint density at radius 1 is 1.25 bits per heavy atom. The van der Waals surface area contributed by atoms with Crippen LogP contribution in [0.2, 0.25) is 5.02 Å². The van der Waals surface area contributed by atoms with Crippen molar-refractivity contribution in [2.24, 2.45) is 0 Å². The van der Waals surface area contributed by atoms with E-state index < -0.39 is 28.7 Å². The molecule has 1 aromatic carbocycles. The molecular formula is C16H16ClF3N2OS. The van der Waals surface area contributed by atoms with E-state index in [1.807, 2.05) is 24.4 Å². The number of benzene rings is 1. The second-order valence-electron chi connectivity index (χ2n) is 5.31. The van der Waals surface area contributed by atoms with Gasteiger partial charge in [-0.05, 0) is 43.5 Å². The highest BCUT2D eigenvalue weighted by Gasteiger charge is 2.33. The van der Waals surface area contributed by atoms with E-state index in [9.17, 15) is 18.0 Å². The molecule has 0 aliphatic carbocycles. The number of nitrogens with one attached hydrogen (secondary N) is 2. The van der Waals surface area contributed by atoms with Crippen LogP contribution in [0.1, 0.15) is 30.3 Å². The summed E-state index contributed by atoms with van der Waals surface area (Å²) in [5.41, 5.74) is -0.927. The van der Waals surface area contributed by atoms with Gasteiger partial charge in [-0.15, -0.1) is 11.3 Å². The van der Waals surface area contributed by atoms with Crippen LogP contribution in [0.15, 0.2) is 35.7 Å². The first-order valence-corrected chi connectivity index (χ1v) is 8.41. The molecule has 3 nitrogen and oxygen atoms in total. The molecule has 0 saturated heterocycles. The van der Waals surface area contributed by atoms with Crippen LogP contribution < -0.4 is 10.6 Å². The minimum atomic E-state index is -4.57. The fourth-order valence-electron chi connectivity index (χ4n) is 2.14. The number of thiophene rings is 1. The Balaban J connectivity index is 2.04. The molecule has 1 aromatic heterocycles. The zero-order valence-electron chi connectivity index (χ0n) is 12.9. The van der Waals surface area contributed by atoms with Crippen molar-refractivity contribution in [3.05, 3.63) is 51.2 Å². The first kappa shape index (κ1) is 18.8. The van der Waals surface area contributed by atoms with Crippen molar-refractivity contribution >= 4 is 34.5 Å². The number of carbonyl (C=O) groups excluding carboxylic acids is 1. The molecule has 2 N–H and O–H groups in total. The van der Waals surface area contributed by atoms with Gasteiger partial charge < -0.3 is 5.32 Å². The third-order valence-corrected chi connectivity index (χ3v) is 4.79. The highest BCUT2D eigenvalue weighted by atomic mass is 35.5. The van der Waals surface area contributed by atoms with Crippen molar-refractivity contribution in [2.45, 2.75) is 32.1 Å². The predicted octanol–water partition coefficient (Wildman–Crippen LogP) is 5.10. The van der Waals surface area contributed by atoms with Crippen molar-refractivity contribution in [3.63, 3.8) is 0 Å². The lowest BCUT2D eigenvalue weighted by Gasteiger charge is -2.19. The van der Waals surface area contributed by atoms with Gasteiger partial charge >= 0.3 is 6.18 Å². The van der Waals surface area contributed by atoms with E-state index in [2.05, 4.69) is 10.6 Å². The van der Waals surface area contributed by atoms with E-state index in [0.29, 0.717) is 0 Å². The van der Waals surface area contributed by atoms with Gasteiger partial charge in [0, 0.05) is 16.6 Å². The summed E-state index contributed by atoms with van der Waals surface area (Å²) in [4.78, 5) is 13.2. The number of hydrogen-bond acceptors (Lipinski definition) is 3. The van der Waals surface area contributed by atoms with Gasteiger partial charge in [0.05, 0.1) is 16.6 Å². The van der Waals surface area contributed by atoms with Gasteiger partial charge in [0.1, 0.15) is 0 Å². The molecule has 1 heterocycles. The van der Waals surface area contributed by atoms with Gasteiger partial charge in [0.25, 0.3) is 0 Å². The minimum absolute atomic E-state index is 0.0401. The number of carbonyl (C=O) groups is 1. The molecular weight excluding hydrogens is 361 g/mol. The van der Waals surface area contributed by atoms with Crippen LogP contribution in [0.25, 0.3) is 0 Å². The molecule has 0 bridgehead atoms. The maximum atomic E-state index is 12.8. The number of anilines is 1. The average Bonchev–Trinajstić information content (AvgIpc) is 3.02. The Bertz CT molecular complexity index is 704. The fraction of sp³-hybridized carbons (Fsp3) is 0.312. The SMILES string of the molecule is CC(NC(C)c1cccs1)C(=O)Nc1ccc(Cl)c(C(F)(F)F)c1. The lowest BCUT2D eigenvalue weighted by Crippen LogP contribution is -2.39. The minimum Gasteiger partial charge on any atom is -0.325 e. The third-order valence-electron chi connectivity index (χ3n) is 3.40. The van der Waals surface area contributed by atoms with Crippen molar-refractivity contribution in [1.29, 1.82) is 0 Å². The summed E-state index contributed by atoms with van der Waals surface area (Å²) in [7, 11) is 0. The average molecular weight is 377 g/mol. The fourth-order valence-corrected chi connectivity index (χ4v) is 3.11. The third kappa shape index (κ3) is 4.72. The lowest BCUT2D eigenvalue weighted by atomic mass is 10.1. The largest absolute Gasteiger partial charge is 0.417 e. The van der Waals surface area contributed by atoms with Crippen LogP contribution in [-0.4, -0.2) is 11.9 Å². The van der Waals surface area contributed by atoms with E-state index in [1.165, 1.54) is 6.07 Å². The van der Waals surface area contributed by atoms with E-state index in [1.54, 1.807) is 18.3 Å². The summed E-state index contributed by atoms with van der Waals surface area (Å²) in [5.74, 6) is -0.422. The highest BCUT2D eigenvalue weighted by Crippen LogP contribution is 2.36. The Hall–Kier alpha value is -1.57. The Morgan fingerprint density at radius 2 is 1.96 bits per heavy atom. The molecule has 1 amide bonds. The second-order valence-corrected chi connectivity index (χ2v) is 6.69. The second kappa shape index (κ2) is 7.55. The van der Waals surface area contributed by atoms with Crippen molar-refractivity contribution in [1.82, 2.24) is 5.32 Å². The molecule has 0 aliphatic heterocycles. The summed E-state index contributed by atoms with van der Waals surface area (Å²) in [6.45, 7) is 3.57. The molecule has 8 heteroatoms. The van der Waals surface area contributed by atoms with Gasteiger partial charge in [-0.1, -0.05) is 17.7 Å². The van der Waals surface area contributed by atoms with Gasteiger partial charge in [0.2, 0.25) is 5.91 Å². The van der Waals surface area contributed by atoms with Crippen molar-refractivity contribution in [3.8, 4) is 0 Å². The molecule has 130 valence electrons. The van der Waals surface area contributed by atoms with E-state index in [4.69, 9.17) is 11.6 Å². The monoisotopic (exact) mass is 376 g/mol. The quantitative estimate of drug-likeness (QED) is 0.762. The van der Waals surface area contributed by atoms with Gasteiger partial charge in [0.15, 0.2) is 0 Å². The van der Waals surface area contributed by atoms with Crippen LogP contribution in [0.4, 0.5) is 18.9 Å². The maximum Gasteiger partial charge on any atom is 0.417 e.